The normalized spacial score (nSPS) is 12.9. The average molecular weight is 193 g/mol. The second-order valence-corrected chi connectivity index (χ2v) is 3.83. The maximum absolute atomic E-state index is 8.89. The molecule has 0 saturated carbocycles. The fraction of sp³-hybridized carbons (Fsp3) is 0.500. The highest BCUT2D eigenvalue weighted by atomic mass is 16.3. The van der Waals surface area contributed by atoms with E-state index in [1.54, 1.807) is 0 Å². The maximum Gasteiger partial charge on any atom is 0.0582 e. The fourth-order valence-electron chi connectivity index (χ4n) is 1.47. The van der Waals surface area contributed by atoms with Gasteiger partial charge in [0.05, 0.1) is 6.61 Å². The molecule has 0 radical (unpaired) electrons. The summed E-state index contributed by atoms with van der Waals surface area (Å²) in [6, 6.07) is 6.47. The standard InChI is InChI=1S/C12H19NO/c1-9-5-4-6-10(2)12(9)7-13-11(3)8-14/h4-6,11,13-14H,7-8H2,1-3H3/t11-/m1/s1. The molecule has 0 aliphatic carbocycles. The van der Waals surface area contributed by atoms with E-state index < -0.39 is 0 Å². The molecule has 0 bridgehead atoms. The van der Waals surface area contributed by atoms with Crippen molar-refractivity contribution in [3.63, 3.8) is 0 Å². The molecule has 0 aromatic heterocycles. The third-order valence-electron chi connectivity index (χ3n) is 2.55. The molecule has 1 aromatic carbocycles. The maximum atomic E-state index is 8.89. The van der Waals surface area contributed by atoms with Gasteiger partial charge in [-0.3, -0.25) is 0 Å². The van der Waals surface area contributed by atoms with Crippen LogP contribution in [0.2, 0.25) is 0 Å². The molecular formula is C12H19NO. The molecule has 1 rings (SSSR count). The summed E-state index contributed by atoms with van der Waals surface area (Å²) in [5.41, 5.74) is 3.96. The van der Waals surface area contributed by atoms with Gasteiger partial charge >= 0.3 is 0 Å². The first-order valence-electron chi connectivity index (χ1n) is 5.04. The summed E-state index contributed by atoms with van der Waals surface area (Å²) in [5.74, 6) is 0. The minimum Gasteiger partial charge on any atom is -0.395 e. The summed E-state index contributed by atoms with van der Waals surface area (Å²) < 4.78 is 0. The van der Waals surface area contributed by atoms with Gasteiger partial charge in [-0.2, -0.15) is 0 Å². The van der Waals surface area contributed by atoms with E-state index in [1.807, 2.05) is 6.92 Å². The molecule has 1 atom stereocenters. The number of benzene rings is 1. The lowest BCUT2D eigenvalue weighted by Gasteiger charge is -2.14. The largest absolute Gasteiger partial charge is 0.395 e. The van der Waals surface area contributed by atoms with Crippen LogP contribution < -0.4 is 5.32 Å². The van der Waals surface area contributed by atoms with E-state index >= 15 is 0 Å². The van der Waals surface area contributed by atoms with Gasteiger partial charge in [0.25, 0.3) is 0 Å². The third-order valence-corrected chi connectivity index (χ3v) is 2.55. The Labute approximate surface area is 86.0 Å². The molecule has 0 fully saturated rings. The van der Waals surface area contributed by atoms with Crippen molar-refractivity contribution in [3.8, 4) is 0 Å². The minimum absolute atomic E-state index is 0.161. The topological polar surface area (TPSA) is 32.3 Å². The van der Waals surface area contributed by atoms with Gasteiger partial charge in [-0.15, -0.1) is 0 Å². The van der Waals surface area contributed by atoms with Crippen LogP contribution in [0.4, 0.5) is 0 Å². The van der Waals surface area contributed by atoms with Crippen LogP contribution in [0.3, 0.4) is 0 Å². The number of rotatable bonds is 4. The highest BCUT2D eigenvalue weighted by Crippen LogP contribution is 2.12. The third kappa shape index (κ3) is 2.82. The van der Waals surface area contributed by atoms with E-state index in [9.17, 15) is 0 Å². The van der Waals surface area contributed by atoms with Crippen LogP contribution in [-0.2, 0) is 6.54 Å². The van der Waals surface area contributed by atoms with E-state index in [2.05, 4.69) is 37.4 Å². The molecule has 0 aliphatic heterocycles. The SMILES string of the molecule is Cc1cccc(C)c1CN[C@H](C)CO. The second-order valence-electron chi connectivity index (χ2n) is 3.83. The molecule has 0 heterocycles. The van der Waals surface area contributed by atoms with Crippen LogP contribution in [0.15, 0.2) is 18.2 Å². The van der Waals surface area contributed by atoms with Crippen LogP contribution in [0.25, 0.3) is 0 Å². The molecule has 1 aromatic rings. The lowest BCUT2D eigenvalue weighted by molar-refractivity contribution is 0.251. The lowest BCUT2D eigenvalue weighted by atomic mass is 10.0. The number of nitrogens with one attached hydrogen (secondary N) is 1. The Morgan fingerprint density at radius 1 is 1.29 bits per heavy atom. The Balaban J connectivity index is 2.66. The van der Waals surface area contributed by atoms with Crippen molar-refractivity contribution >= 4 is 0 Å². The Bertz CT molecular complexity index is 276. The second kappa shape index (κ2) is 5.13. The summed E-state index contributed by atoms with van der Waals surface area (Å²) in [6.07, 6.45) is 0. The molecule has 0 unspecified atom stereocenters. The monoisotopic (exact) mass is 193 g/mol. The Kier molecular flexibility index (Phi) is 4.11. The van der Waals surface area contributed by atoms with Gasteiger partial charge < -0.3 is 10.4 Å². The van der Waals surface area contributed by atoms with Crippen molar-refractivity contribution < 1.29 is 5.11 Å². The minimum atomic E-state index is 0.161. The highest BCUT2D eigenvalue weighted by Gasteiger charge is 2.03. The first kappa shape index (κ1) is 11.2. The number of aryl methyl sites for hydroxylation is 2. The number of aliphatic hydroxyl groups excluding tert-OH is 1. The van der Waals surface area contributed by atoms with E-state index in [0.29, 0.717) is 0 Å². The Morgan fingerprint density at radius 3 is 2.36 bits per heavy atom. The quantitative estimate of drug-likeness (QED) is 0.764. The molecule has 2 N–H and O–H groups in total. The van der Waals surface area contributed by atoms with E-state index in [4.69, 9.17) is 5.11 Å². The van der Waals surface area contributed by atoms with E-state index in [0.717, 1.165) is 6.54 Å². The van der Waals surface area contributed by atoms with Crippen LogP contribution in [-0.4, -0.2) is 17.8 Å². The molecule has 2 nitrogen and oxygen atoms in total. The zero-order chi connectivity index (χ0) is 10.6. The van der Waals surface area contributed by atoms with E-state index in [-0.39, 0.29) is 12.6 Å². The van der Waals surface area contributed by atoms with Crippen molar-refractivity contribution in [2.24, 2.45) is 0 Å². The first-order valence-corrected chi connectivity index (χ1v) is 5.04. The molecule has 0 amide bonds. The van der Waals surface area contributed by atoms with Gasteiger partial charge in [0.2, 0.25) is 0 Å². The Morgan fingerprint density at radius 2 is 1.86 bits per heavy atom. The summed E-state index contributed by atoms with van der Waals surface area (Å²) in [4.78, 5) is 0. The predicted octanol–water partition coefficient (Wildman–Crippen LogP) is 1.77. The molecule has 78 valence electrons. The van der Waals surface area contributed by atoms with Crippen LogP contribution in [0.5, 0.6) is 0 Å². The Hall–Kier alpha value is -0.860. The molecule has 14 heavy (non-hydrogen) atoms. The first-order chi connectivity index (χ1) is 6.65. The summed E-state index contributed by atoms with van der Waals surface area (Å²) >= 11 is 0. The number of aliphatic hydroxyl groups is 1. The van der Waals surface area contributed by atoms with Gasteiger partial charge in [-0.1, -0.05) is 18.2 Å². The average Bonchev–Trinajstić information content (AvgIpc) is 2.16. The van der Waals surface area contributed by atoms with Gasteiger partial charge in [0.1, 0.15) is 0 Å². The number of hydrogen-bond acceptors (Lipinski definition) is 2. The number of hydrogen-bond donors (Lipinski definition) is 2. The van der Waals surface area contributed by atoms with Gasteiger partial charge in [-0.25, -0.2) is 0 Å². The fourth-order valence-corrected chi connectivity index (χ4v) is 1.47. The van der Waals surface area contributed by atoms with E-state index in [1.165, 1.54) is 16.7 Å². The highest BCUT2D eigenvalue weighted by molar-refractivity contribution is 5.33. The van der Waals surface area contributed by atoms with Gasteiger partial charge in [0.15, 0.2) is 0 Å². The molecule has 0 saturated heterocycles. The molecular weight excluding hydrogens is 174 g/mol. The lowest BCUT2D eigenvalue weighted by Crippen LogP contribution is -2.29. The van der Waals surface area contributed by atoms with Crippen molar-refractivity contribution in [3.05, 3.63) is 34.9 Å². The van der Waals surface area contributed by atoms with Crippen molar-refractivity contribution in [1.82, 2.24) is 5.32 Å². The summed E-state index contributed by atoms with van der Waals surface area (Å²) in [6.45, 7) is 7.24. The van der Waals surface area contributed by atoms with Crippen LogP contribution in [0, 0.1) is 13.8 Å². The van der Waals surface area contributed by atoms with Crippen molar-refractivity contribution in [2.75, 3.05) is 6.61 Å². The summed E-state index contributed by atoms with van der Waals surface area (Å²) in [7, 11) is 0. The smallest absolute Gasteiger partial charge is 0.0582 e. The molecule has 0 spiro atoms. The molecule has 0 aliphatic rings. The van der Waals surface area contributed by atoms with Gasteiger partial charge in [-0.05, 0) is 37.5 Å². The zero-order valence-corrected chi connectivity index (χ0v) is 9.17. The summed E-state index contributed by atoms with van der Waals surface area (Å²) in [5, 5.41) is 12.2. The van der Waals surface area contributed by atoms with Crippen LogP contribution in [0.1, 0.15) is 23.6 Å². The van der Waals surface area contributed by atoms with Crippen molar-refractivity contribution in [1.29, 1.82) is 0 Å². The van der Waals surface area contributed by atoms with Gasteiger partial charge in [0, 0.05) is 12.6 Å². The molecule has 2 heteroatoms. The predicted molar refractivity (Wildman–Crippen MR) is 59.3 cm³/mol. The zero-order valence-electron chi connectivity index (χ0n) is 9.17. The van der Waals surface area contributed by atoms with Crippen molar-refractivity contribution in [2.45, 2.75) is 33.4 Å². The van der Waals surface area contributed by atoms with Crippen LogP contribution >= 0.6 is 0 Å².